The minimum absolute atomic E-state index is 0. The van der Waals surface area contributed by atoms with Crippen LogP contribution in [0, 0.1) is 0 Å². The van der Waals surface area contributed by atoms with Gasteiger partial charge in [-0.05, 0) is 18.9 Å². The van der Waals surface area contributed by atoms with E-state index < -0.39 is 7.60 Å². The van der Waals surface area contributed by atoms with E-state index in [1.165, 1.54) is 128 Å². The summed E-state index contributed by atoms with van der Waals surface area (Å²) in [6, 6.07) is 0. The van der Waals surface area contributed by atoms with Crippen LogP contribution in [0.4, 0.5) is 0 Å². The van der Waals surface area contributed by atoms with E-state index in [4.69, 9.17) is 9.05 Å². The first-order valence-corrected chi connectivity index (χ1v) is 18.9. The molecule has 40 heavy (non-hydrogen) atoms. The Balaban J connectivity index is 0. The van der Waals surface area contributed by atoms with Crippen molar-refractivity contribution in [2.24, 2.45) is 0 Å². The van der Waals surface area contributed by atoms with Gasteiger partial charge in [-0.3, -0.25) is 4.57 Å². The molecular weight excluding hydrogens is 628 g/mol. The van der Waals surface area contributed by atoms with Gasteiger partial charge in [0.25, 0.3) is 0 Å². The molecule has 0 aliphatic heterocycles. The molecule has 0 rings (SSSR count). The van der Waals surface area contributed by atoms with Gasteiger partial charge in [-0.1, -0.05) is 162 Å². The fourth-order valence-electron chi connectivity index (χ4n) is 5.29. The van der Waals surface area contributed by atoms with Crippen LogP contribution in [0.15, 0.2) is 12.7 Å². The largest absolute Gasteiger partial charge is 1.00 e. The van der Waals surface area contributed by atoms with Gasteiger partial charge < -0.3 is 37.5 Å². The van der Waals surface area contributed by atoms with Gasteiger partial charge in [0, 0.05) is 0 Å². The molecule has 0 fully saturated rings. The summed E-state index contributed by atoms with van der Waals surface area (Å²) < 4.78 is 26.2. The molecule has 0 radical (unpaired) electrons. The molecule has 0 spiro atoms. The lowest BCUT2D eigenvalue weighted by Crippen LogP contribution is -3.00. The highest BCUT2D eigenvalue weighted by Gasteiger charge is 2.33. The highest BCUT2D eigenvalue weighted by atomic mass is 127. The molecule has 0 aliphatic rings. The number of halogens is 1. The van der Waals surface area contributed by atoms with Crippen molar-refractivity contribution in [3.05, 3.63) is 12.7 Å². The number of unbranched alkanes of at least 4 members (excludes halogenated alkanes) is 22. The van der Waals surface area contributed by atoms with E-state index >= 15 is 0 Å². The average molecular weight is 700 g/mol. The van der Waals surface area contributed by atoms with E-state index in [2.05, 4.69) is 34.5 Å². The maximum atomic E-state index is 13.6. The summed E-state index contributed by atoms with van der Waals surface area (Å²) in [5.74, 6) is 0. The van der Waals surface area contributed by atoms with Crippen molar-refractivity contribution < 1.29 is 42.1 Å². The normalized spacial score (nSPS) is 12.0. The Morgan fingerprint density at radius 2 is 0.825 bits per heavy atom. The Bertz CT molecular complexity index is 539. The highest BCUT2D eigenvalue weighted by molar-refractivity contribution is 7.53. The van der Waals surface area contributed by atoms with Crippen LogP contribution < -0.4 is 24.0 Å². The van der Waals surface area contributed by atoms with Crippen molar-refractivity contribution in [1.29, 1.82) is 0 Å². The van der Waals surface area contributed by atoms with Crippen LogP contribution in [0.25, 0.3) is 0 Å². The topological polar surface area (TPSA) is 35.5 Å². The van der Waals surface area contributed by atoms with E-state index in [1.54, 1.807) is 0 Å². The molecule has 0 aromatic carbocycles. The number of quaternary nitrogens is 1. The third kappa shape index (κ3) is 30.1. The van der Waals surface area contributed by atoms with Gasteiger partial charge >= 0.3 is 7.60 Å². The van der Waals surface area contributed by atoms with Crippen molar-refractivity contribution in [3.8, 4) is 0 Å². The first-order chi connectivity index (χ1) is 18.9. The lowest BCUT2D eigenvalue weighted by Gasteiger charge is -2.31. The zero-order valence-electron chi connectivity index (χ0n) is 27.6. The second-order valence-electron chi connectivity index (χ2n) is 12.6. The second-order valence-corrected chi connectivity index (χ2v) is 14.6. The van der Waals surface area contributed by atoms with Crippen molar-refractivity contribution in [1.82, 2.24) is 0 Å². The summed E-state index contributed by atoms with van der Waals surface area (Å²) in [6.45, 7) is 10.3. The summed E-state index contributed by atoms with van der Waals surface area (Å²) in [5, 5.41) is 0. The number of rotatable bonds is 32. The molecular formula is C34H71INO3P. The Morgan fingerprint density at radius 1 is 0.550 bits per heavy atom. The fraction of sp³-hybridized carbons (Fsp3) is 0.941. The first-order valence-electron chi connectivity index (χ1n) is 17.2. The second kappa shape index (κ2) is 31.0. The molecule has 4 nitrogen and oxygen atoms in total. The van der Waals surface area contributed by atoms with E-state index in [1.807, 2.05) is 6.08 Å². The Kier molecular flexibility index (Phi) is 33.1. The van der Waals surface area contributed by atoms with Crippen LogP contribution in [0.3, 0.4) is 0 Å². The summed E-state index contributed by atoms with van der Waals surface area (Å²) in [6.07, 6.45) is 33.8. The van der Waals surface area contributed by atoms with Gasteiger partial charge in [0.1, 0.15) is 0 Å². The predicted octanol–water partition coefficient (Wildman–Crippen LogP) is 8.84. The maximum Gasteiger partial charge on any atom is 0.384 e. The molecule has 6 heteroatoms. The number of nitrogens with zero attached hydrogens (tertiary/aromatic N) is 1. The Hall–Kier alpha value is 0.580. The molecule has 242 valence electrons. The smallest absolute Gasteiger partial charge is 0.384 e. The van der Waals surface area contributed by atoms with Gasteiger partial charge in [-0.2, -0.15) is 0 Å². The van der Waals surface area contributed by atoms with Gasteiger partial charge in [0.05, 0.1) is 33.9 Å². The van der Waals surface area contributed by atoms with Gasteiger partial charge in [-0.15, -0.1) is 0 Å². The van der Waals surface area contributed by atoms with Crippen molar-refractivity contribution in [2.45, 2.75) is 168 Å². The molecule has 0 unspecified atom stereocenters. The number of hydrogen-bond acceptors (Lipinski definition) is 3. The fourth-order valence-corrected chi connectivity index (χ4v) is 7.39. The first kappa shape index (κ1) is 42.7. The van der Waals surface area contributed by atoms with Crippen LogP contribution in [0.5, 0.6) is 0 Å². The third-order valence-corrected chi connectivity index (χ3v) is 10.0. The number of likely N-dealkylation sites (N-methyl/N-ethyl adjacent to an activating group) is 1. The molecule has 0 heterocycles. The van der Waals surface area contributed by atoms with Crippen molar-refractivity contribution in [2.75, 3.05) is 40.1 Å². The molecule has 0 aromatic rings. The molecule has 0 atom stereocenters. The maximum absolute atomic E-state index is 13.6. The van der Waals surface area contributed by atoms with E-state index in [9.17, 15) is 4.57 Å². The van der Waals surface area contributed by atoms with E-state index in [-0.39, 0.29) is 24.0 Å². The third-order valence-electron chi connectivity index (χ3n) is 7.75. The lowest BCUT2D eigenvalue weighted by atomic mass is 10.1. The Morgan fingerprint density at radius 3 is 1.10 bits per heavy atom. The molecule has 0 amide bonds. The standard InChI is InChI=1S/C34H71NO3P.HI/c1-6-9-11-13-15-17-19-21-23-25-27-29-32-37-39(36,34-35(4,5)31-8-3)38-33-30-28-26-24-22-20-18-16-14-12-10-7-2;/h8H,3,6-7,9-34H2,1-2,4-5H3;1H/q+1;/p-1. The van der Waals surface area contributed by atoms with Crippen LogP contribution in [-0.2, 0) is 13.6 Å². The average Bonchev–Trinajstić information content (AvgIpc) is 2.89. The van der Waals surface area contributed by atoms with Gasteiger partial charge in [0.2, 0.25) is 0 Å². The monoisotopic (exact) mass is 699 g/mol. The van der Waals surface area contributed by atoms with Gasteiger partial charge in [-0.25, -0.2) is 0 Å². The van der Waals surface area contributed by atoms with E-state index in [0.717, 1.165) is 32.2 Å². The lowest BCUT2D eigenvalue weighted by molar-refractivity contribution is -0.873. The SMILES string of the molecule is C=CC[N+](C)(C)CP(=O)(OCCCCCCCCCCCCCC)OCCCCCCCCCCCCCC.[I-]. The minimum Gasteiger partial charge on any atom is -1.00 e. The molecule has 0 N–H and O–H groups in total. The molecule has 0 aliphatic carbocycles. The van der Waals surface area contributed by atoms with Crippen LogP contribution in [0.1, 0.15) is 168 Å². The molecule has 0 saturated heterocycles. The zero-order chi connectivity index (χ0) is 28.9. The van der Waals surface area contributed by atoms with Crippen LogP contribution >= 0.6 is 7.60 Å². The number of hydrogen-bond donors (Lipinski definition) is 0. The Labute approximate surface area is 269 Å². The van der Waals surface area contributed by atoms with E-state index in [0.29, 0.717) is 24.0 Å². The summed E-state index contributed by atoms with van der Waals surface area (Å²) in [7, 11) is 1.05. The molecule has 0 aromatic heterocycles. The van der Waals surface area contributed by atoms with Crippen LogP contribution in [-0.4, -0.2) is 44.6 Å². The zero-order valence-corrected chi connectivity index (χ0v) is 30.6. The molecule has 0 bridgehead atoms. The van der Waals surface area contributed by atoms with Crippen molar-refractivity contribution >= 4 is 7.60 Å². The molecule has 0 saturated carbocycles. The van der Waals surface area contributed by atoms with Gasteiger partial charge in [0.15, 0.2) is 6.29 Å². The quantitative estimate of drug-likeness (QED) is 0.0232. The van der Waals surface area contributed by atoms with Crippen molar-refractivity contribution in [3.63, 3.8) is 0 Å². The van der Waals surface area contributed by atoms with Crippen LogP contribution in [0.2, 0.25) is 0 Å². The highest BCUT2D eigenvalue weighted by Crippen LogP contribution is 2.50. The predicted molar refractivity (Wildman–Crippen MR) is 174 cm³/mol. The minimum atomic E-state index is -3.11. The summed E-state index contributed by atoms with van der Waals surface area (Å²) in [4.78, 5) is 0. The summed E-state index contributed by atoms with van der Waals surface area (Å²) >= 11 is 0. The summed E-state index contributed by atoms with van der Waals surface area (Å²) in [5.41, 5.74) is 0.